The Hall–Kier alpha value is -2.48. The highest BCUT2D eigenvalue weighted by Gasteiger charge is 2.23. The predicted octanol–water partition coefficient (Wildman–Crippen LogP) is 5.80. The van der Waals surface area contributed by atoms with E-state index in [0.717, 1.165) is 86.0 Å². The number of hydrogen-bond acceptors (Lipinski definition) is 6. The summed E-state index contributed by atoms with van der Waals surface area (Å²) in [6.07, 6.45) is 5.13. The van der Waals surface area contributed by atoms with Gasteiger partial charge in [0, 0.05) is 31.7 Å². The normalized spacial score (nSPS) is 14.3. The number of anilines is 1. The third kappa shape index (κ3) is 6.81. The van der Waals surface area contributed by atoms with Crippen molar-refractivity contribution in [1.29, 1.82) is 0 Å². The zero-order valence-electron chi connectivity index (χ0n) is 21.0. The summed E-state index contributed by atoms with van der Waals surface area (Å²) in [6.45, 7) is 10.0. The number of fused-ring (bicyclic) bond motifs is 1. The van der Waals surface area contributed by atoms with Crippen LogP contribution < -0.4 is 9.64 Å². The Balaban J connectivity index is 1.54. The van der Waals surface area contributed by atoms with Gasteiger partial charge in [-0.15, -0.1) is 0 Å². The first-order valence-electron chi connectivity index (χ1n) is 12.9. The van der Waals surface area contributed by atoms with Crippen LogP contribution in [0.4, 0.5) is 5.13 Å². The quantitative estimate of drug-likeness (QED) is 0.297. The van der Waals surface area contributed by atoms with E-state index in [-0.39, 0.29) is 5.91 Å². The Morgan fingerprint density at radius 2 is 1.94 bits per heavy atom. The van der Waals surface area contributed by atoms with Gasteiger partial charge >= 0.3 is 0 Å². The lowest BCUT2D eigenvalue weighted by Crippen LogP contribution is -2.39. The van der Waals surface area contributed by atoms with Crippen molar-refractivity contribution in [3.05, 3.63) is 53.6 Å². The third-order valence-corrected chi connectivity index (χ3v) is 7.45. The molecular weight excluding hydrogens is 458 g/mol. The molecule has 1 amide bonds. The fourth-order valence-corrected chi connectivity index (χ4v) is 5.41. The van der Waals surface area contributed by atoms with Crippen LogP contribution in [-0.2, 0) is 11.2 Å². The van der Waals surface area contributed by atoms with E-state index in [0.29, 0.717) is 18.7 Å². The van der Waals surface area contributed by atoms with Crippen molar-refractivity contribution >= 4 is 32.6 Å². The zero-order valence-corrected chi connectivity index (χ0v) is 21.8. The van der Waals surface area contributed by atoms with Crippen LogP contribution in [0, 0.1) is 0 Å². The summed E-state index contributed by atoms with van der Waals surface area (Å²) in [5, 5.41) is 0.766. The van der Waals surface area contributed by atoms with Gasteiger partial charge in [0.15, 0.2) is 5.13 Å². The monoisotopic (exact) mass is 495 g/mol. The second-order valence-electron chi connectivity index (χ2n) is 8.96. The number of unbranched alkanes of at least 4 members (excludes halogenated alkanes) is 2. The topological polar surface area (TPSA) is 54.9 Å². The van der Waals surface area contributed by atoms with Gasteiger partial charge in [-0.1, -0.05) is 56.2 Å². The van der Waals surface area contributed by atoms with Gasteiger partial charge in [-0.25, -0.2) is 4.98 Å². The highest BCUT2D eigenvalue weighted by molar-refractivity contribution is 7.22. The van der Waals surface area contributed by atoms with Crippen molar-refractivity contribution in [2.45, 2.75) is 46.0 Å². The van der Waals surface area contributed by atoms with Crippen molar-refractivity contribution in [3.8, 4) is 5.75 Å². The zero-order chi connectivity index (χ0) is 24.5. The molecule has 0 unspecified atom stereocenters. The van der Waals surface area contributed by atoms with Gasteiger partial charge in [0.25, 0.3) is 5.91 Å². The molecule has 1 fully saturated rings. The van der Waals surface area contributed by atoms with E-state index in [9.17, 15) is 4.79 Å². The molecule has 6 nitrogen and oxygen atoms in total. The highest BCUT2D eigenvalue weighted by Crippen LogP contribution is 2.32. The Morgan fingerprint density at radius 1 is 1.11 bits per heavy atom. The number of para-hydroxylation sites is 1. The fourth-order valence-electron chi connectivity index (χ4n) is 4.37. The minimum absolute atomic E-state index is 0.0249. The maximum Gasteiger partial charge on any atom is 0.260 e. The van der Waals surface area contributed by atoms with Crippen LogP contribution in [0.1, 0.15) is 55.5 Å². The van der Waals surface area contributed by atoms with Crippen LogP contribution in [-0.4, -0.2) is 61.8 Å². The molecule has 1 aromatic heterocycles. The molecule has 1 saturated heterocycles. The van der Waals surface area contributed by atoms with Crippen molar-refractivity contribution in [1.82, 2.24) is 9.88 Å². The number of ether oxygens (including phenoxy) is 2. The highest BCUT2D eigenvalue weighted by atomic mass is 32.1. The Morgan fingerprint density at radius 3 is 2.74 bits per heavy atom. The predicted molar refractivity (Wildman–Crippen MR) is 144 cm³/mol. The average molecular weight is 496 g/mol. The molecule has 35 heavy (non-hydrogen) atoms. The number of rotatable bonds is 12. The van der Waals surface area contributed by atoms with Gasteiger partial charge in [-0.2, -0.15) is 0 Å². The van der Waals surface area contributed by atoms with E-state index in [1.807, 2.05) is 29.2 Å². The van der Waals surface area contributed by atoms with Crippen molar-refractivity contribution in [3.63, 3.8) is 0 Å². The number of thiazole rings is 1. The molecule has 0 bridgehead atoms. The molecular formula is C28H37N3O3S. The number of carbonyl (C=O) groups excluding carboxylic acids is 1. The van der Waals surface area contributed by atoms with Crippen LogP contribution in [0.15, 0.2) is 42.5 Å². The molecule has 0 saturated carbocycles. The molecule has 7 heteroatoms. The molecule has 1 aliphatic rings. The van der Waals surface area contributed by atoms with Crippen LogP contribution in [0.2, 0.25) is 0 Å². The molecule has 0 aliphatic carbocycles. The molecule has 1 aliphatic heterocycles. The fraction of sp³-hybridized carbons (Fsp3) is 0.500. The molecule has 3 aromatic rings. The average Bonchev–Trinajstić information content (AvgIpc) is 3.34. The van der Waals surface area contributed by atoms with Crippen molar-refractivity contribution in [2.24, 2.45) is 0 Å². The minimum Gasteiger partial charge on any atom is -0.494 e. The van der Waals surface area contributed by atoms with Crippen LogP contribution in [0.25, 0.3) is 10.2 Å². The standard InChI is InChI=1S/C28H37N3O3S/c1-3-5-6-18-34-24-12-7-11-23(21-24)27(32)31(15-9-14-30-16-19-33-20-17-30)28-29-26-22(4-2)10-8-13-25(26)35-28/h7-8,10-13,21H,3-6,9,14-20H2,1-2H3. The number of benzene rings is 2. The lowest BCUT2D eigenvalue weighted by Gasteiger charge is -2.27. The van der Waals surface area contributed by atoms with Crippen LogP contribution in [0.5, 0.6) is 5.75 Å². The molecule has 2 heterocycles. The maximum atomic E-state index is 13.8. The lowest BCUT2D eigenvalue weighted by atomic mass is 10.1. The number of aryl methyl sites for hydroxylation is 1. The second-order valence-corrected chi connectivity index (χ2v) is 9.97. The molecule has 2 aromatic carbocycles. The first-order chi connectivity index (χ1) is 17.2. The molecule has 188 valence electrons. The molecule has 0 spiro atoms. The maximum absolute atomic E-state index is 13.8. The third-order valence-electron chi connectivity index (χ3n) is 6.41. The molecule has 0 N–H and O–H groups in total. The number of hydrogen-bond donors (Lipinski definition) is 0. The van der Waals surface area contributed by atoms with Crippen molar-refractivity contribution in [2.75, 3.05) is 50.9 Å². The number of nitrogens with zero attached hydrogens (tertiary/aromatic N) is 3. The molecule has 0 atom stereocenters. The number of morpholine rings is 1. The summed E-state index contributed by atoms with van der Waals surface area (Å²) in [7, 11) is 0. The minimum atomic E-state index is -0.0249. The Bertz CT molecular complexity index is 1090. The first-order valence-corrected chi connectivity index (χ1v) is 13.7. The summed E-state index contributed by atoms with van der Waals surface area (Å²) in [5.74, 6) is 0.723. The SMILES string of the molecule is CCCCCOc1cccc(C(=O)N(CCCN2CCOCC2)c2nc3c(CC)cccc3s2)c1. The van der Waals surface area contributed by atoms with Gasteiger partial charge in [0.1, 0.15) is 5.75 Å². The summed E-state index contributed by atoms with van der Waals surface area (Å²) >= 11 is 1.60. The van der Waals surface area contributed by atoms with E-state index in [4.69, 9.17) is 14.5 Å². The van der Waals surface area contributed by atoms with Gasteiger partial charge in [0.2, 0.25) is 0 Å². The van der Waals surface area contributed by atoms with E-state index >= 15 is 0 Å². The number of amides is 1. The number of carbonyl (C=O) groups is 1. The van der Waals surface area contributed by atoms with Crippen molar-refractivity contribution < 1.29 is 14.3 Å². The Labute approximate surface area is 212 Å². The first kappa shape index (κ1) is 25.6. The van der Waals surface area contributed by atoms with E-state index in [2.05, 4.69) is 36.9 Å². The summed E-state index contributed by atoms with van der Waals surface area (Å²) < 4.78 is 12.5. The van der Waals surface area contributed by atoms with E-state index in [1.165, 1.54) is 5.56 Å². The largest absolute Gasteiger partial charge is 0.494 e. The van der Waals surface area contributed by atoms with E-state index in [1.54, 1.807) is 11.3 Å². The van der Waals surface area contributed by atoms with Gasteiger partial charge in [0.05, 0.1) is 30.0 Å². The summed E-state index contributed by atoms with van der Waals surface area (Å²) in [4.78, 5) is 23.0. The number of aromatic nitrogens is 1. The van der Waals surface area contributed by atoms with E-state index < -0.39 is 0 Å². The van der Waals surface area contributed by atoms with Gasteiger partial charge < -0.3 is 9.47 Å². The molecule has 4 rings (SSSR count). The summed E-state index contributed by atoms with van der Waals surface area (Å²) in [5.41, 5.74) is 2.86. The smallest absolute Gasteiger partial charge is 0.260 e. The molecule has 0 radical (unpaired) electrons. The van der Waals surface area contributed by atoms with Gasteiger partial charge in [-0.05, 0) is 49.1 Å². The van der Waals surface area contributed by atoms with Crippen LogP contribution >= 0.6 is 11.3 Å². The van der Waals surface area contributed by atoms with Crippen LogP contribution in [0.3, 0.4) is 0 Å². The lowest BCUT2D eigenvalue weighted by molar-refractivity contribution is 0.0376. The second kappa shape index (κ2) is 13.0. The summed E-state index contributed by atoms with van der Waals surface area (Å²) in [6, 6.07) is 13.9. The Kier molecular flexibility index (Phi) is 9.51. The van der Waals surface area contributed by atoms with Gasteiger partial charge in [-0.3, -0.25) is 14.6 Å².